The van der Waals surface area contributed by atoms with Gasteiger partial charge in [0, 0.05) is 11.1 Å². The van der Waals surface area contributed by atoms with Gasteiger partial charge in [-0.25, -0.2) is 8.78 Å². The van der Waals surface area contributed by atoms with Crippen molar-refractivity contribution in [1.29, 1.82) is 5.26 Å². The lowest BCUT2D eigenvalue weighted by molar-refractivity contribution is 0.112. The van der Waals surface area contributed by atoms with Crippen LogP contribution in [0.3, 0.4) is 0 Å². The van der Waals surface area contributed by atoms with Gasteiger partial charge in [0.15, 0.2) is 0 Å². The number of alkyl halides is 1. The highest BCUT2D eigenvalue weighted by molar-refractivity contribution is 5.76. The third kappa shape index (κ3) is 2.81. The first kappa shape index (κ1) is 13.7. The summed E-state index contributed by atoms with van der Waals surface area (Å²) in [5.41, 5.74) is 0.392. The molecule has 100 valence electrons. The number of halogens is 2. The monoisotopic (exact) mass is 273 g/mol. The number of aldehydes is 1. The van der Waals surface area contributed by atoms with E-state index in [-0.39, 0.29) is 22.6 Å². The first-order valence-corrected chi connectivity index (χ1v) is 5.69. The van der Waals surface area contributed by atoms with Crippen LogP contribution in [0.4, 0.5) is 8.78 Å². The van der Waals surface area contributed by atoms with Gasteiger partial charge in [0.25, 0.3) is 0 Å². The Labute approximate surface area is 114 Å². The molecule has 0 fully saturated rings. The molecule has 0 radical (unpaired) electrons. The minimum atomic E-state index is -0.946. The van der Waals surface area contributed by atoms with Crippen molar-refractivity contribution in [3.63, 3.8) is 0 Å². The Morgan fingerprint density at radius 3 is 2.70 bits per heavy atom. The Morgan fingerprint density at radius 2 is 2.05 bits per heavy atom. The average Bonchev–Trinajstić information content (AvgIpc) is 2.49. The maximum absolute atomic E-state index is 13.2. The summed E-state index contributed by atoms with van der Waals surface area (Å²) < 4.78 is 31.2. The second-order valence-corrected chi connectivity index (χ2v) is 3.97. The van der Waals surface area contributed by atoms with Gasteiger partial charge < -0.3 is 4.74 Å². The number of nitriles is 1. The van der Waals surface area contributed by atoms with Crippen molar-refractivity contribution in [2.24, 2.45) is 0 Å². The SMILES string of the molecule is N#Cc1cc(C=O)ccc1Oc1ccc(F)c(CF)c1. The van der Waals surface area contributed by atoms with Gasteiger partial charge in [-0.05, 0) is 36.4 Å². The Bertz CT molecular complexity index is 693. The van der Waals surface area contributed by atoms with E-state index in [1.807, 2.05) is 6.07 Å². The second-order valence-electron chi connectivity index (χ2n) is 3.97. The van der Waals surface area contributed by atoms with Crippen LogP contribution in [-0.2, 0) is 6.67 Å². The number of carbonyl (C=O) groups is 1. The number of benzene rings is 2. The number of hydrogen-bond donors (Lipinski definition) is 0. The van der Waals surface area contributed by atoms with Crippen molar-refractivity contribution in [2.45, 2.75) is 6.67 Å². The van der Waals surface area contributed by atoms with Crippen molar-refractivity contribution < 1.29 is 18.3 Å². The molecule has 0 unspecified atom stereocenters. The summed E-state index contributed by atoms with van der Waals surface area (Å²) in [5, 5.41) is 9.00. The summed E-state index contributed by atoms with van der Waals surface area (Å²) in [6.07, 6.45) is 0.615. The predicted molar refractivity (Wildman–Crippen MR) is 67.8 cm³/mol. The molecule has 0 saturated carbocycles. The lowest BCUT2D eigenvalue weighted by atomic mass is 10.1. The number of ether oxygens (including phenoxy) is 1. The zero-order valence-electron chi connectivity index (χ0n) is 10.3. The minimum absolute atomic E-state index is 0.120. The van der Waals surface area contributed by atoms with Gasteiger partial charge in [0.2, 0.25) is 0 Å². The van der Waals surface area contributed by atoms with Gasteiger partial charge >= 0.3 is 0 Å². The maximum atomic E-state index is 13.2. The number of hydrogen-bond acceptors (Lipinski definition) is 3. The quantitative estimate of drug-likeness (QED) is 0.797. The molecule has 20 heavy (non-hydrogen) atoms. The number of rotatable bonds is 4. The van der Waals surface area contributed by atoms with Gasteiger partial charge in [-0.2, -0.15) is 5.26 Å². The molecular weight excluding hydrogens is 264 g/mol. The topological polar surface area (TPSA) is 50.1 Å². The van der Waals surface area contributed by atoms with Gasteiger partial charge in [-0.1, -0.05) is 0 Å². The van der Waals surface area contributed by atoms with Crippen LogP contribution in [-0.4, -0.2) is 6.29 Å². The molecule has 0 atom stereocenters. The van der Waals surface area contributed by atoms with Crippen LogP contribution < -0.4 is 4.74 Å². The smallest absolute Gasteiger partial charge is 0.150 e. The summed E-state index contributed by atoms with van der Waals surface area (Å²) in [7, 11) is 0. The highest BCUT2D eigenvalue weighted by Gasteiger charge is 2.08. The van der Waals surface area contributed by atoms with E-state index in [0.717, 1.165) is 6.07 Å². The molecule has 0 heterocycles. The van der Waals surface area contributed by atoms with Gasteiger partial charge in [0.1, 0.15) is 36.3 Å². The van der Waals surface area contributed by atoms with E-state index in [1.165, 1.54) is 30.3 Å². The van der Waals surface area contributed by atoms with E-state index in [9.17, 15) is 13.6 Å². The minimum Gasteiger partial charge on any atom is -0.456 e. The highest BCUT2D eigenvalue weighted by atomic mass is 19.1. The van der Waals surface area contributed by atoms with Crippen LogP contribution in [0, 0.1) is 17.1 Å². The maximum Gasteiger partial charge on any atom is 0.150 e. The van der Waals surface area contributed by atoms with Crippen molar-refractivity contribution in [2.75, 3.05) is 0 Å². The van der Waals surface area contributed by atoms with Crippen molar-refractivity contribution in [3.8, 4) is 17.6 Å². The lowest BCUT2D eigenvalue weighted by Gasteiger charge is -2.09. The Kier molecular flexibility index (Phi) is 4.06. The molecule has 0 aromatic heterocycles. The lowest BCUT2D eigenvalue weighted by Crippen LogP contribution is -1.93. The molecule has 0 N–H and O–H groups in total. The molecule has 0 bridgehead atoms. The van der Waals surface area contributed by atoms with Crippen molar-refractivity contribution in [1.82, 2.24) is 0 Å². The fourth-order valence-corrected chi connectivity index (χ4v) is 1.64. The molecule has 0 amide bonds. The molecule has 3 nitrogen and oxygen atoms in total. The first-order chi connectivity index (χ1) is 9.67. The van der Waals surface area contributed by atoms with E-state index in [0.29, 0.717) is 11.8 Å². The van der Waals surface area contributed by atoms with Crippen LogP contribution in [0.15, 0.2) is 36.4 Å². The zero-order valence-corrected chi connectivity index (χ0v) is 10.3. The van der Waals surface area contributed by atoms with E-state index in [4.69, 9.17) is 10.00 Å². The normalized spacial score (nSPS) is 9.85. The molecule has 0 aliphatic heterocycles. The third-order valence-electron chi connectivity index (χ3n) is 2.65. The van der Waals surface area contributed by atoms with E-state index >= 15 is 0 Å². The third-order valence-corrected chi connectivity index (χ3v) is 2.65. The summed E-state index contributed by atoms with van der Waals surface area (Å²) in [6.45, 7) is -0.946. The summed E-state index contributed by atoms with van der Waals surface area (Å²) >= 11 is 0. The molecule has 0 aliphatic carbocycles. The largest absolute Gasteiger partial charge is 0.456 e. The molecule has 0 saturated heterocycles. The Hall–Kier alpha value is -2.74. The van der Waals surface area contributed by atoms with Gasteiger partial charge in [-0.3, -0.25) is 4.79 Å². The molecule has 2 aromatic carbocycles. The second kappa shape index (κ2) is 5.93. The van der Waals surface area contributed by atoms with E-state index in [1.54, 1.807) is 0 Å². The Balaban J connectivity index is 2.35. The van der Waals surface area contributed by atoms with Crippen LogP contribution in [0.5, 0.6) is 11.5 Å². The Morgan fingerprint density at radius 1 is 1.25 bits per heavy atom. The van der Waals surface area contributed by atoms with Crippen LogP contribution >= 0.6 is 0 Å². The molecule has 0 aliphatic rings. The van der Waals surface area contributed by atoms with Crippen LogP contribution in [0.25, 0.3) is 0 Å². The first-order valence-electron chi connectivity index (χ1n) is 5.69. The van der Waals surface area contributed by atoms with E-state index < -0.39 is 12.5 Å². The average molecular weight is 273 g/mol. The fraction of sp³-hybridized carbons (Fsp3) is 0.0667. The molecule has 5 heteroatoms. The van der Waals surface area contributed by atoms with Crippen LogP contribution in [0.2, 0.25) is 0 Å². The van der Waals surface area contributed by atoms with Crippen molar-refractivity contribution >= 4 is 6.29 Å². The summed E-state index contributed by atoms with van der Waals surface area (Å²) in [4.78, 5) is 10.6. The highest BCUT2D eigenvalue weighted by Crippen LogP contribution is 2.27. The standard InChI is InChI=1S/C15H9F2NO2/c16-7-11-6-13(2-3-14(11)17)20-15-4-1-10(9-19)5-12(15)8-18/h1-6,9H,7H2. The van der Waals surface area contributed by atoms with Gasteiger partial charge in [-0.15, -0.1) is 0 Å². The molecule has 2 aromatic rings. The molecule has 2 rings (SSSR count). The number of nitrogens with zero attached hydrogens (tertiary/aromatic N) is 1. The molecular formula is C15H9F2NO2. The van der Waals surface area contributed by atoms with E-state index in [2.05, 4.69) is 0 Å². The predicted octanol–water partition coefficient (Wildman–Crippen LogP) is 3.77. The van der Waals surface area contributed by atoms with Crippen molar-refractivity contribution in [3.05, 3.63) is 58.9 Å². The number of carbonyl (C=O) groups excluding carboxylic acids is 1. The summed E-state index contributed by atoms with van der Waals surface area (Å²) in [5.74, 6) is -0.222. The fourth-order valence-electron chi connectivity index (χ4n) is 1.64. The van der Waals surface area contributed by atoms with Crippen LogP contribution in [0.1, 0.15) is 21.5 Å². The zero-order chi connectivity index (χ0) is 14.5. The molecule has 0 spiro atoms. The summed E-state index contributed by atoms with van der Waals surface area (Å²) in [6, 6.07) is 9.88. The van der Waals surface area contributed by atoms with Gasteiger partial charge in [0.05, 0.1) is 5.56 Å².